The van der Waals surface area contributed by atoms with E-state index in [9.17, 15) is 9.59 Å². The summed E-state index contributed by atoms with van der Waals surface area (Å²) in [6, 6.07) is 16.5. The first kappa shape index (κ1) is 20.5. The number of benzene rings is 2. The van der Waals surface area contributed by atoms with Crippen LogP contribution in [0.15, 0.2) is 63.8 Å². The van der Waals surface area contributed by atoms with E-state index in [2.05, 4.69) is 0 Å². The molecule has 0 aliphatic rings. The van der Waals surface area contributed by atoms with Crippen molar-refractivity contribution < 1.29 is 19.1 Å². The van der Waals surface area contributed by atoms with Crippen molar-refractivity contribution in [1.29, 1.82) is 0 Å². The summed E-state index contributed by atoms with van der Waals surface area (Å²) in [6.07, 6.45) is 0. The monoisotopic (exact) mass is 389 g/mol. The SMILES string of the molecule is CN(CC(=O)O)Cc1cc(=O)oc2cc(OCc3ccccc3)ccc12.Cl. The fraction of sp³-hybridized carbons (Fsp3) is 0.200. The van der Waals surface area contributed by atoms with Gasteiger partial charge in [-0.2, -0.15) is 0 Å². The highest BCUT2D eigenvalue weighted by Gasteiger charge is 2.11. The Kier molecular flexibility index (Phi) is 6.98. The Hall–Kier alpha value is -2.83. The van der Waals surface area contributed by atoms with Gasteiger partial charge in [0.25, 0.3) is 0 Å². The summed E-state index contributed by atoms with van der Waals surface area (Å²) in [5, 5.41) is 9.64. The van der Waals surface area contributed by atoms with Crippen LogP contribution in [0.25, 0.3) is 11.0 Å². The van der Waals surface area contributed by atoms with E-state index in [0.29, 0.717) is 24.5 Å². The molecule has 0 saturated heterocycles. The Morgan fingerprint density at radius 3 is 2.59 bits per heavy atom. The van der Waals surface area contributed by atoms with Crippen molar-refractivity contribution in [3.63, 3.8) is 0 Å². The third kappa shape index (κ3) is 5.57. The van der Waals surface area contributed by atoms with Gasteiger partial charge in [-0.25, -0.2) is 4.79 Å². The predicted octanol–water partition coefficient (Wildman–Crippen LogP) is 3.31. The van der Waals surface area contributed by atoms with Crippen LogP contribution in [0.1, 0.15) is 11.1 Å². The van der Waals surface area contributed by atoms with Crippen LogP contribution < -0.4 is 10.4 Å². The summed E-state index contributed by atoms with van der Waals surface area (Å²) in [4.78, 5) is 24.3. The Morgan fingerprint density at radius 1 is 1.15 bits per heavy atom. The molecule has 0 saturated carbocycles. The van der Waals surface area contributed by atoms with Crippen LogP contribution in [0.2, 0.25) is 0 Å². The smallest absolute Gasteiger partial charge is 0.336 e. The third-order valence-corrected chi connectivity index (χ3v) is 3.90. The summed E-state index contributed by atoms with van der Waals surface area (Å²) >= 11 is 0. The van der Waals surface area contributed by atoms with Gasteiger partial charge in [0.2, 0.25) is 0 Å². The number of carbonyl (C=O) groups is 1. The number of hydrogen-bond acceptors (Lipinski definition) is 5. The zero-order chi connectivity index (χ0) is 18.5. The van der Waals surface area contributed by atoms with Crippen LogP contribution in [0, 0.1) is 0 Å². The second kappa shape index (κ2) is 9.21. The number of carboxylic acids is 1. The topological polar surface area (TPSA) is 80.0 Å². The molecule has 2 aromatic carbocycles. The molecule has 27 heavy (non-hydrogen) atoms. The number of nitrogens with zero attached hydrogens (tertiary/aromatic N) is 1. The number of carboxylic acid groups (broad SMARTS) is 1. The van der Waals surface area contributed by atoms with Crippen LogP contribution in [0.3, 0.4) is 0 Å². The third-order valence-electron chi connectivity index (χ3n) is 3.90. The van der Waals surface area contributed by atoms with E-state index in [1.54, 1.807) is 18.0 Å². The lowest BCUT2D eigenvalue weighted by Crippen LogP contribution is -2.25. The lowest BCUT2D eigenvalue weighted by atomic mass is 10.1. The van der Waals surface area contributed by atoms with Gasteiger partial charge in [-0.15, -0.1) is 12.4 Å². The fourth-order valence-corrected chi connectivity index (χ4v) is 2.75. The summed E-state index contributed by atoms with van der Waals surface area (Å²) < 4.78 is 11.1. The van der Waals surface area contributed by atoms with Crippen LogP contribution in [0.5, 0.6) is 5.75 Å². The van der Waals surface area contributed by atoms with Crippen LogP contribution in [-0.2, 0) is 17.9 Å². The van der Waals surface area contributed by atoms with Crippen molar-refractivity contribution in [2.45, 2.75) is 13.2 Å². The van der Waals surface area contributed by atoms with Crippen LogP contribution in [-0.4, -0.2) is 29.6 Å². The molecule has 1 heterocycles. The van der Waals surface area contributed by atoms with E-state index in [1.807, 2.05) is 42.5 Å². The number of fused-ring (bicyclic) bond motifs is 1. The number of rotatable bonds is 7. The largest absolute Gasteiger partial charge is 0.489 e. The fourth-order valence-electron chi connectivity index (χ4n) is 2.75. The Morgan fingerprint density at radius 2 is 1.89 bits per heavy atom. The second-order valence-electron chi connectivity index (χ2n) is 6.09. The Labute approximate surface area is 162 Å². The summed E-state index contributed by atoms with van der Waals surface area (Å²) in [5.74, 6) is -0.322. The second-order valence-corrected chi connectivity index (χ2v) is 6.09. The van der Waals surface area contributed by atoms with Gasteiger partial charge in [0.15, 0.2) is 0 Å². The molecule has 6 nitrogen and oxygen atoms in total. The number of ether oxygens (including phenoxy) is 1. The first-order chi connectivity index (χ1) is 12.5. The van der Waals surface area contributed by atoms with E-state index in [1.165, 1.54) is 6.07 Å². The summed E-state index contributed by atoms with van der Waals surface area (Å²) in [6.45, 7) is 0.635. The highest BCUT2D eigenvalue weighted by atomic mass is 35.5. The average molecular weight is 390 g/mol. The van der Waals surface area contributed by atoms with Gasteiger partial charge in [-0.05, 0) is 30.3 Å². The van der Waals surface area contributed by atoms with Crippen molar-refractivity contribution in [2.24, 2.45) is 0 Å². The van der Waals surface area contributed by atoms with Crippen LogP contribution >= 0.6 is 12.4 Å². The van der Waals surface area contributed by atoms with E-state index < -0.39 is 11.6 Å². The van der Waals surface area contributed by atoms with Gasteiger partial charge in [0.05, 0.1) is 6.54 Å². The van der Waals surface area contributed by atoms with Crippen molar-refractivity contribution in [1.82, 2.24) is 4.90 Å². The normalized spacial score (nSPS) is 10.6. The van der Waals surface area contributed by atoms with Gasteiger partial charge >= 0.3 is 11.6 Å². The maximum absolute atomic E-state index is 11.9. The molecule has 0 fully saturated rings. The zero-order valence-electron chi connectivity index (χ0n) is 14.8. The minimum atomic E-state index is -0.920. The first-order valence-electron chi connectivity index (χ1n) is 8.15. The predicted molar refractivity (Wildman–Crippen MR) is 104 cm³/mol. The van der Waals surface area contributed by atoms with Crippen molar-refractivity contribution >= 4 is 29.3 Å². The minimum absolute atomic E-state index is 0. The maximum Gasteiger partial charge on any atom is 0.336 e. The van der Waals surface area contributed by atoms with Gasteiger partial charge in [-0.1, -0.05) is 30.3 Å². The molecule has 0 radical (unpaired) electrons. The van der Waals surface area contributed by atoms with Gasteiger partial charge in [0, 0.05) is 24.1 Å². The molecule has 0 aliphatic carbocycles. The van der Waals surface area contributed by atoms with E-state index in [4.69, 9.17) is 14.3 Å². The van der Waals surface area contributed by atoms with Crippen molar-refractivity contribution in [3.8, 4) is 5.75 Å². The number of hydrogen-bond donors (Lipinski definition) is 1. The minimum Gasteiger partial charge on any atom is -0.489 e. The lowest BCUT2D eigenvalue weighted by Gasteiger charge is -2.15. The molecule has 142 valence electrons. The van der Waals surface area contributed by atoms with Gasteiger partial charge in [-0.3, -0.25) is 9.69 Å². The number of aliphatic carboxylic acids is 1. The maximum atomic E-state index is 11.9. The molecule has 3 aromatic rings. The molecule has 1 aromatic heterocycles. The van der Waals surface area contributed by atoms with E-state index >= 15 is 0 Å². The molecule has 0 spiro atoms. The van der Waals surface area contributed by atoms with Crippen molar-refractivity contribution in [3.05, 3.63) is 76.1 Å². The van der Waals surface area contributed by atoms with Gasteiger partial charge < -0.3 is 14.3 Å². The van der Waals surface area contributed by atoms with E-state index in [-0.39, 0.29) is 19.0 Å². The Balaban J connectivity index is 0.00000261. The Bertz CT molecular complexity index is 971. The van der Waals surface area contributed by atoms with Crippen LogP contribution in [0.4, 0.5) is 0 Å². The molecular weight excluding hydrogens is 370 g/mol. The van der Waals surface area contributed by atoms with Crippen molar-refractivity contribution in [2.75, 3.05) is 13.6 Å². The molecule has 0 amide bonds. The summed E-state index contributed by atoms with van der Waals surface area (Å²) in [5.41, 5.74) is 1.70. The zero-order valence-corrected chi connectivity index (χ0v) is 15.6. The molecule has 0 aliphatic heterocycles. The first-order valence-corrected chi connectivity index (χ1v) is 8.15. The average Bonchev–Trinajstić information content (AvgIpc) is 2.59. The number of halogens is 1. The van der Waals surface area contributed by atoms with Gasteiger partial charge in [0.1, 0.15) is 17.9 Å². The molecule has 0 atom stereocenters. The standard InChI is InChI=1S/C20H19NO5.ClH/c1-21(12-19(22)23)11-15-9-20(24)26-18-10-16(7-8-17(15)18)25-13-14-5-3-2-4-6-14;/h2-10H,11-13H2,1H3,(H,22,23);1H. The highest BCUT2D eigenvalue weighted by Crippen LogP contribution is 2.24. The lowest BCUT2D eigenvalue weighted by molar-refractivity contribution is -0.138. The molecule has 1 N–H and O–H groups in total. The molecule has 7 heteroatoms. The number of likely N-dealkylation sites (N-methyl/N-ethyl adjacent to an activating group) is 1. The molecule has 3 rings (SSSR count). The molecular formula is C20H20ClNO5. The molecule has 0 unspecified atom stereocenters. The highest BCUT2D eigenvalue weighted by molar-refractivity contribution is 5.85. The molecule has 0 bridgehead atoms. The van der Waals surface area contributed by atoms with E-state index in [0.717, 1.165) is 16.5 Å². The quantitative estimate of drug-likeness (QED) is 0.624. The summed E-state index contributed by atoms with van der Waals surface area (Å²) in [7, 11) is 1.69.